The highest BCUT2D eigenvalue weighted by Gasteiger charge is 2.09. The summed E-state index contributed by atoms with van der Waals surface area (Å²) in [6, 6.07) is 6.73. The van der Waals surface area contributed by atoms with Gasteiger partial charge in [0.05, 0.1) is 5.02 Å². The van der Waals surface area contributed by atoms with E-state index in [0.29, 0.717) is 5.69 Å². The summed E-state index contributed by atoms with van der Waals surface area (Å²) >= 11 is 11.1. The lowest BCUT2D eigenvalue weighted by Gasteiger charge is -2.04. The number of aromatic nitrogens is 2. The van der Waals surface area contributed by atoms with Gasteiger partial charge in [0.25, 0.3) is 5.91 Å². The largest absolute Gasteiger partial charge is 0.321 e. The molecule has 0 radical (unpaired) electrons. The van der Waals surface area contributed by atoms with E-state index < -0.39 is 11.7 Å². The van der Waals surface area contributed by atoms with Crippen molar-refractivity contribution in [3.8, 4) is 0 Å². The second kappa shape index (κ2) is 5.29. The zero-order valence-electron chi connectivity index (χ0n) is 8.82. The summed E-state index contributed by atoms with van der Waals surface area (Å²) in [6.07, 6.45) is 0. The number of anilines is 1. The summed E-state index contributed by atoms with van der Waals surface area (Å²) in [5.41, 5.74) is 0.461. The Bertz CT molecular complexity index is 589. The van der Waals surface area contributed by atoms with Crippen molar-refractivity contribution in [2.75, 3.05) is 5.32 Å². The predicted octanol–water partition coefficient (Wildman–Crippen LogP) is 3.17. The van der Waals surface area contributed by atoms with E-state index in [9.17, 15) is 9.18 Å². The van der Waals surface area contributed by atoms with Gasteiger partial charge in [-0.2, -0.15) is 0 Å². The van der Waals surface area contributed by atoms with Gasteiger partial charge in [0.1, 0.15) is 5.82 Å². The minimum atomic E-state index is -0.555. The first kappa shape index (κ1) is 12.7. The zero-order chi connectivity index (χ0) is 13.1. The van der Waals surface area contributed by atoms with E-state index in [2.05, 4.69) is 15.5 Å². The molecular weight excluding hydrogens is 280 g/mol. The molecule has 1 amide bonds. The van der Waals surface area contributed by atoms with Crippen LogP contribution in [0.5, 0.6) is 0 Å². The number of amides is 1. The molecule has 0 saturated heterocycles. The Labute approximate surface area is 112 Å². The van der Waals surface area contributed by atoms with Gasteiger partial charge in [-0.3, -0.25) is 4.79 Å². The first-order valence-electron chi connectivity index (χ1n) is 4.82. The van der Waals surface area contributed by atoms with E-state index in [1.165, 1.54) is 24.3 Å². The van der Waals surface area contributed by atoms with Crippen LogP contribution in [0.3, 0.4) is 0 Å². The van der Waals surface area contributed by atoms with Crippen LogP contribution in [0.25, 0.3) is 0 Å². The topological polar surface area (TPSA) is 54.9 Å². The van der Waals surface area contributed by atoms with Crippen LogP contribution in [0.1, 0.15) is 10.5 Å². The number of benzene rings is 1. The number of carbonyl (C=O) groups excluding carboxylic acids is 1. The molecular formula is C11H6Cl2FN3O. The number of hydrogen-bond acceptors (Lipinski definition) is 3. The van der Waals surface area contributed by atoms with Gasteiger partial charge in [-0.25, -0.2) is 4.39 Å². The molecule has 1 N–H and O–H groups in total. The van der Waals surface area contributed by atoms with Crippen LogP contribution in [0.15, 0.2) is 30.3 Å². The fourth-order valence-corrected chi connectivity index (χ4v) is 1.49. The molecule has 0 atom stereocenters. The molecule has 1 aromatic heterocycles. The Balaban J connectivity index is 2.16. The van der Waals surface area contributed by atoms with Gasteiger partial charge in [0.2, 0.25) is 0 Å². The third kappa shape index (κ3) is 2.94. The first-order valence-corrected chi connectivity index (χ1v) is 5.57. The second-order valence-electron chi connectivity index (χ2n) is 3.32. The van der Waals surface area contributed by atoms with Crippen LogP contribution in [0, 0.1) is 5.82 Å². The molecule has 0 spiro atoms. The van der Waals surface area contributed by atoms with Crippen molar-refractivity contribution in [1.29, 1.82) is 0 Å². The number of carbonyl (C=O) groups is 1. The SMILES string of the molecule is O=C(Nc1ccc(F)c(Cl)c1)c1ccc(Cl)nn1. The van der Waals surface area contributed by atoms with Crippen LogP contribution < -0.4 is 5.32 Å². The highest BCUT2D eigenvalue weighted by Crippen LogP contribution is 2.19. The molecule has 7 heteroatoms. The number of nitrogens with one attached hydrogen (secondary N) is 1. The molecule has 18 heavy (non-hydrogen) atoms. The third-order valence-electron chi connectivity index (χ3n) is 2.04. The molecule has 92 valence electrons. The summed E-state index contributed by atoms with van der Waals surface area (Å²) in [6.45, 7) is 0. The van der Waals surface area contributed by atoms with Crippen LogP contribution in [0.2, 0.25) is 10.2 Å². The van der Waals surface area contributed by atoms with Crippen molar-refractivity contribution in [3.63, 3.8) is 0 Å². The highest BCUT2D eigenvalue weighted by atomic mass is 35.5. The number of rotatable bonds is 2. The van der Waals surface area contributed by atoms with E-state index in [-0.39, 0.29) is 15.9 Å². The lowest BCUT2D eigenvalue weighted by molar-refractivity contribution is 0.102. The molecule has 0 aliphatic rings. The standard InChI is InChI=1S/C11H6Cl2FN3O/c12-7-5-6(1-2-8(7)14)15-11(18)9-3-4-10(13)17-16-9/h1-5H,(H,15,18). The average Bonchev–Trinajstić information content (AvgIpc) is 2.34. The quantitative estimate of drug-likeness (QED) is 0.922. The molecule has 0 bridgehead atoms. The molecule has 0 aliphatic heterocycles. The normalized spacial score (nSPS) is 10.2. The van der Waals surface area contributed by atoms with Crippen molar-refractivity contribution >= 4 is 34.8 Å². The fraction of sp³-hybridized carbons (Fsp3) is 0. The van der Waals surface area contributed by atoms with Crippen molar-refractivity contribution in [1.82, 2.24) is 10.2 Å². The Morgan fingerprint density at radius 2 is 1.94 bits per heavy atom. The number of hydrogen-bond donors (Lipinski definition) is 1. The summed E-state index contributed by atoms with van der Waals surface area (Å²) in [5.74, 6) is -1.04. The first-order chi connectivity index (χ1) is 8.56. The molecule has 2 rings (SSSR count). The maximum Gasteiger partial charge on any atom is 0.276 e. The highest BCUT2D eigenvalue weighted by molar-refractivity contribution is 6.31. The molecule has 1 heterocycles. The van der Waals surface area contributed by atoms with E-state index >= 15 is 0 Å². The van der Waals surface area contributed by atoms with Gasteiger partial charge in [-0.15, -0.1) is 10.2 Å². The Kier molecular flexibility index (Phi) is 3.74. The van der Waals surface area contributed by atoms with Crippen molar-refractivity contribution < 1.29 is 9.18 Å². The van der Waals surface area contributed by atoms with Crippen molar-refractivity contribution in [2.45, 2.75) is 0 Å². The molecule has 2 aromatic rings. The van der Waals surface area contributed by atoms with Crippen LogP contribution in [0.4, 0.5) is 10.1 Å². The summed E-state index contributed by atoms with van der Waals surface area (Å²) in [5, 5.41) is 9.78. The molecule has 1 aromatic carbocycles. The van der Waals surface area contributed by atoms with Gasteiger partial charge in [-0.1, -0.05) is 23.2 Å². The van der Waals surface area contributed by atoms with E-state index in [1.54, 1.807) is 0 Å². The van der Waals surface area contributed by atoms with Gasteiger partial charge < -0.3 is 5.32 Å². The van der Waals surface area contributed by atoms with Gasteiger partial charge >= 0.3 is 0 Å². The molecule has 0 saturated carbocycles. The summed E-state index contributed by atoms with van der Waals surface area (Å²) < 4.78 is 12.9. The van der Waals surface area contributed by atoms with Crippen LogP contribution in [-0.2, 0) is 0 Å². The number of nitrogens with zero attached hydrogens (tertiary/aromatic N) is 2. The minimum Gasteiger partial charge on any atom is -0.321 e. The minimum absolute atomic E-state index is 0.0741. The Hall–Kier alpha value is -1.72. The molecule has 0 unspecified atom stereocenters. The molecule has 0 fully saturated rings. The van der Waals surface area contributed by atoms with Crippen LogP contribution in [-0.4, -0.2) is 16.1 Å². The van der Waals surface area contributed by atoms with Crippen LogP contribution >= 0.6 is 23.2 Å². The summed E-state index contributed by atoms with van der Waals surface area (Å²) in [4.78, 5) is 11.7. The van der Waals surface area contributed by atoms with E-state index in [4.69, 9.17) is 23.2 Å². The summed E-state index contributed by atoms with van der Waals surface area (Å²) in [7, 11) is 0. The lowest BCUT2D eigenvalue weighted by Crippen LogP contribution is -2.14. The fourth-order valence-electron chi connectivity index (χ4n) is 1.21. The average molecular weight is 286 g/mol. The van der Waals surface area contributed by atoms with Gasteiger partial charge in [0, 0.05) is 5.69 Å². The number of halogens is 3. The smallest absolute Gasteiger partial charge is 0.276 e. The Morgan fingerprint density at radius 3 is 2.56 bits per heavy atom. The van der Waals surface area contributed by atoms with Gasteiger partial charge in [0.15, 0.2) is 10.8 Å². The second-order valence-corrected chi connectivity index (χ2v) is 4.12. The van der Waals surface area contributed by atoms with E-state index in [1.807, 2.05) is 0 Å². The monoisotopic (exact) mass is 285 g/mol. The Morgan fingerprint density at radius 1 is 1.17 bits per heavy atom. The predicted molar refractivity (Wildman–Crippen MR) is 66.4 cm³/mol. The third-order valence-corrected chi connectivity index (χ3v) is 2.53. The zero-order valence-corrected chi connectivity index (χ0v) is 10.3. The van der Waals surface area contributed by atoms with E-state index in [0.717, 1.165) is 6.07 Å². The van der Waals surface area contributed by atoms with Crippen molar-refractivity contribution in [3.05, 3.63) is 52.0 Å². The van der Waals surface area contributed by atoms with Crippen molar-refractivity contribution in [2.24, 2.45) is 0 Å². The lowest BCUT2D eigenvalue weighted by atomic mass is 10.3. The maximum atomic E-state index is 12.9. The maximum absolute atomic E-state index is 12.9. The molecule has 4 nitrogen and oxygen atoms in total. The molecule has 0 aliphatic carbocycles. The van der Waals surface area contributed by atoms with Gasteiger partial charge in [-0.05, 0) is 30.3 Å².